The Kier molecular flexibility index (Phi) is 57.4. The molecule has 4 heteroatoms. The highest BCUT2D eigenvalue weighted by atomic mass is 35.7. The summed E-state index contributed by atoms with van der Waals surface area (Å²) in [6, 6.07) is 0. The second-order valence-electron chi connectivity index (χ2n) is 0. The first-order valence-electron chi connectivity index (χ1n) is 0.436. The van der Waals surface area contributed by atoms with E-state index >= 15 is 0 Å². The summed E-state index contributed by atoms with van der Waals surface area (Å²) in [4.78, 5) is 0. The van der Waals surface area contributed by atoms with E-state index in [0.29, 0.717) is 0 Å². The van der Waals surface area contributed by atoms with Gasteiger partial charge in [-0.15, -0.1) is 22.5 Å². The minimum atomic E-state index is 1.89. The Hall–Kier alpha value is 1.44. The maximum Gasteiger partial charge on any atom is -0.0393 e. The van der Waals surface area contributed by atoms with E-state index in [4.69, 9.17) is 0 Å². The molecule has 0 aromatic carbocycles. The smallest absolute Gasteiger partial charge is 0.0393 e. The van der Waals surface area contributed by atoms with Crippen LogP contribution in [-0.4, -0.2) is 0 Å². The molecule has 0 bridgehead atoms. The molecule has 0 N–H and O–H groups in total. The van der Waals surface area contributed by atoms with Gasteiger partial charge in [0.2, 0.25) is 0 Å². The van der Waals surface area contributed by atoms with Crippen molar-refractivity contribution in [3.05, 3.63) is 0 Å². The van der Waals surface area contributed by atoms with Gasteiger partial charge in [-0.25, -0.2) is 0 Å². The van der Waals surface area contributed by atoms with Gasteiger partial charge in [0.05, 0.1) is 0 Å². The van der Waals surface area contributed by atoms with Crippen molar-refractivity contribution < 1.29 is 0 Å². The van der Waals surface area contributed by atoms with E-state index < -0.39 is 0 Å². The van der Waals surface area contributed by atoms with Crippen LogP contribution in [0.3, 0.4) is 0 Å². The number of hydrogen-bond acceptors (Lipinski definition) is 0. The van der Waals surface area contributed by atoms with E-state index in [-0.39, 0.29) is 0 Å². The fraction of sp³-hybridized carbons (Fsp3) is 0. The van der Waals surface area contributed by atoms with E-state index in [1.165, 1.54) is 0 Å². The van der Waals surface area contributed by atoms with Gasteiger partial charge in [0.25, 0.3) is 0 Å². The third kappa shape index (κ3) is 9.88. The van der Waals surface area contributed by atoms with Crippen molar-refractivity contribution in [1.82, 2.24) is 0 Å². The molecule has 0 amide bonds. The predicted molar refractivity (Wildman–Crippen MR) is 31.1 cm³/mol. The molecule has 0 heterocycles. The molecule has 2 atom stereocenters. The zero-order valence-electron chi connectivity index (χ0n) is 1.91. The topological polar surface area (TPSA) is 0 Å². The Labute approximate surface area is 40.2 Å². The Balaban J connectivity index is 0. The van der Waals surface area contributed by atoms with Crippen LogP contribution in [0.2, 0.25) is 0 Å². The van der Waals surface area contributed by atoms with Crippen LogP contribution < -0.4 is 0 Å². The molecule has 0 radical (unpaired) electrons. The molecule has 0 spiro atoms. The first-order chi connectivity index (χ1) is 2.00. The van der Waals surface area contributed by atoms with Gasteiger partial charge in [0.15, 0.2) is 0 Å². The Bertz CT molecular complexity index is 4.00. The molecule has 0 aromatic heterocycles. The second-order valence-corrected chi connectivity index (χ2v) is 0. The van der Waals surface area contributed by atoms with E-state index in [9.17, 15) is 0 Å². The van der Waals surface area contributed by atoms with Gasteiger partial charge >= 0.3 is 0 Å². The lowest BCUT2D eigenvalue weighted by Crippen LogP contribution is -0.228. The van der Waals surface area contributed by atoms with Crippen molar-refractivity contribution in [1.29, 1.82) is 0 Å². The first-order valence-corrected chi connectivity index (χ1v) is 3.93. The van der Waals surface area contributed by atoms with Gasteiger partial charge in [0.1, 0.15) is 0 Å². The molecule has 0 aromatic rings. The lowest BCUT2D eigenvalue weighted by molar-refractivity contribution is 5.25. The third-order valence-electron chi connectivity index (χ3n) is 0. The molecule has 28 valence electrons. The molecule has 0 aliphatic heterocycles. The van der Waals surface area contributed by atoms with Crippen molar-refractivity contribution in [3.8, 4) is 0 Å². The number of rotatable bonds is 0. The van der Waals surface area contributed by atoms with Gasteiger partial charge in [-0.2, -0.15) is 0 Å². The summed E-state index contributed by atoms with van der Waals surface area (Å²) in [5.41, 5.74) is 0. The molecule has 0 aliphatic carbocycles. The summed E-state index contributed by atoms with van der Waals surface area (Å²) in [6.45, 7) is 0. The monoisotopic (exact) mass is 136 g/mol. The van der Waals surface area contributed by atoms with Crippen LogP contribution in [0, 0.1) is 0 Å². The summed E-state index contributed by atoms with van der Waals surface area (Å²) >= 11 is 9.11. The normalized spacial score (nSPS) is 3.00. The quantitative estimate of drug-likeness (QED) is 0.448. The molecule has 0 fully saturated rings. The van der Waals surface area contributed by atoms with Crippen molar-refractivity contribution >= 4 is 39.7 Å². The highest BCUT2D eigenvalue weighted by molar-refractivity contribution is 7.52. The van der Waals surface area contributed by atoms with E-state index in [1.807, 2.05) is 17.2 Å². The molecule has 0 saturated heterocycles. The summed E-state index contributed by atoms with van der Waals surface area (Å²) in [5.74, 6) is 0. The Morgan fingerprint density at radius 1 is 0.750 bits per heavy atom. The minimum Gasteiger partial charge on any atom is -0.104 e. The molecule has 0 nitrogen and oxygen atoms in total. The van der Waals surface area contributed by atoms with Crippen LogP contribution in [0.15, 0.2) is 0 Å². The van der Waals surface area contributed by atoms with Crippen molar-refractivity contribution in [2.75, 3.05) is 0 Å². The zero-order valence-corrected chi connectivity index (χ0v) is 5.73. The van der Waals surface area contributed by atoms with Crippen LogP contribution in [0.1, 0.15) is 0 Å². The van der Waals surface area contributed by atoms with Crippen LogP contribution in [-0.2, 0) is 0 Å². The van der Waals surface area contributed by atoms with E-state index in [0.717, 1.165) is 0 Å². The van der Waals surface area contributed by atoms with Gasteiger partial charge < -0.3 is 0 Å². The highest BCUT2D eigenvalue weighted by Gasteiger charge is 0.931. The van der Waals surface area contributed by atoms with Crippen LogP contribution in [0.5, 0.6) is 0 Å². The summed E-state index contributed by atoms with van der Waals surface area (Å²) in [5, 5.41) is 0. The van der Waals surface area contributed by atoms with Gasteiger partial charge in [-0.05, 0) is 17.2 Å². The molecular weight excluding hydrogens is 133 g/mol. The van der Waals surface area contributed by atoms with Crippen LogP contribution >= 0.6 is 39.7 Å². The average molecular weight is 137 g/mol. The summed E-state index contributed by atoms with van der Waals surface area (Å²) < 4.78 is 0. The number of halogens is 2. The standard InChI is InChI=1S/2ClH2P/c2*1-2/h2*2H2. The fourth-order valence-electron chi connectivity index (χ4n) is 0. The predicted octanol–water partition coefficient (Wildman–Crippen LogP) is 2.03. The largest absolute Gasteiger partial charge is 0.104 e. The lowest BCUT2D eigenvalue weighted by Gasteiger charge is -1.07. The van der Waals surface area contributed by atoms with E-state index in [2.05, 4.69) is 22.5 Å². The SMILES string of the molecule is PCl.PCl. The lowest BCUT2D eigenvalue weighted by atomic mass is 30.8. The maximum absolute atomic E-state index is 4.56. The summed E-state index contributed by atoms with van der Waals surface area (Å²) in [7, 11) is 3.78. The first kappa shape index (κ1) is 9.06. The van der Waals surface area contributed by atoms with Gasteiger partial charge in [0, 0.05) is 0 Å². The fourth-order valence-corrected chi connectivity index (χ4v) is 0. The van der Waals surface area contributed by atoms with Crippen LogP contribution in [0.4, 0.5) is 0 Å². The zero-order chi connectivity index (χ0) is 4.00. The Morgan fingerprint density at radius 3 is 0.750 bits per heavy atom. The van der Waals surface area contributed by atoms with Gasteiger partial charge in [-0.1, -0.05) is 0 Å². The molecule has 0 rings (SSSR count). The minimum absolute atomic E-state index is 1.89. The molecule has 4 heavy (non-hydrogen) atoms. The number of hydrogen-bond donors (Lipinski definition) is 0. The summed E-state index contributed by atoms with van der Waals surface area (Å²) in [6.07, 6.45) is 0. The van der Waals surface area contributed by atoms with Crippen molar-refractivity contribution in [3.63, 3.8) is 0 Å². The molecule has 2 unspecified atom stereocenters. The third-order valence-corrected chi connectivity index (χ3v) is 0. The van der Waals surface area contributed by atoms with Crippen LogP contribution in [0.25, 0.3) is 0 Å². The molecule has 0 saturated carbocycles. The average Bonchev–Trinajstić information content (AvgIpc) is 1.50. The molecular formula is H4Cl2P2. The van der Waals surface area contributed by atoms with Crippen molar-refractivity contribution in [2.45, 2.75) is 0 Å². The second kappa shape index (κ2) is 25.3. The molecule has 0 aliphatic rings. The van der Waals surface area contributed by atoms with Crippen molar-refractivity contribution in [2.24, 2.45) is 0 Å². The Morgan fingerprint density at radius 2 is 0.750 bits per heavy atom. The van der Waals surface area contributed by atoms with E-state index in [1.54, 1.807) is 0 Å². The van der Waals surface area contributed by atoms with Gasteiger partial charge in [-0.3, -0.25) is 0 Å². The highest BCUT2D eigenvalue weighted by Crippen LogP contribution is 1.78. The maximum atomic E-state index is 4.56.